The number of carbonyl (C=O) groups excluding carboxylic acids is 3. The molecule has 1 heterocycles. The summed E-state index contributed by atoms with van der Waals surface area (Å²) in [7, 11) is 0. The first-order chi connectivity index (χ1) is 10.4. The second kappa shape index (κ2) is 7.08. The molecule has 1 aromatic carbocycles. The number of rotatable bonds is 4. The minimum Gasteiger partial charge on any atom is -0.369 e. The van der Waals surface area contributed by atoms with Crippen molar-refractivity contribution in [2.45, 2.75) is 6.04 Å². The van der Waals surface area contributed by atoms with Crippen LogP contribution in [0.15, 0.2) is 12.1 Å². The number of ether oxygens (including phenoxy) is 1. The standard InChI is InChI=1S/C13H13I2N3O4/c14-3-7-4-22-5-10(19)18(7)6-1-8(12(16)20)11(15)9(2-6)13(17)21/h1-2,7H,3-5H2,(H2,16,20)(H2,17,21). The molecule has 1 aliphatic rings. The molecule has 0 radical (unpaired) electrons. The van der Waals surface area contributed by atoms with Crippen LogP contribution < -0.4 is 16.4 Å². The fraction of sp³-hybridized carbons (Fsp3) is 0.308. The Kier molecular flexibility index (Phi) is 5.60. The molecule has 0 spiro atoms. The first kappa shape index (κ1) is 17.4. The average molecular weight is 529 g/mol. The number of hydrogen-bond acceptors (Lipinski definition) is 4. The molecule has 4 N–H and O–H groups in total. The summed E-state index contributed by atoms with van der Waals surface area (Å²) in [6, 6.07) is 2.85. The van der Waals surface area contributed by atoms with Gasteiger partial charge in [0.05, 0.1) is 23.8 Å². The highest BCUT2D eigenvalue weighted by molar-refractivity contribution is 14.1. The lowest BCUT2D eigenvalue weighted by Crippen LogP contribution is -2.50. The van der Waals surface area contributed by atoms with Crippen molar-refractivity contribution in [3.05, 3.63) is 26.8 Å². The Balaban J connectivity index is 2.61. The normalized spacial score (nSPS) is 18.4. The number of primary amides is 2. The summed E-state index contributed by atoms with van der Waals surface area (Å²) in [6.45, 7) is 0.343. The van der Waals surface area contributed by atoms with E-state index in [0.717, 1.165) is 0 Å². The summed E-state index contributed by atoms with van der Waals surface area (Å²) in [5, 5.41) is 0. The SMILES string of the molecule is NC(=O)c1cc(N2C(=O)COCC2CI)cc(C(N)=O)c1I. The summed E-state index contributed by atoms with van der Waals surface area (Å²) < 4.78 is 6.26. The minimum atomic E-state index is -0.680. The summed E-state index contributed by atoms with van der Waals surface area (Å²) in [4.78, 5) is 36.9. The zero-order chi connectivity index (χ0) is 16.4. The number of anilines is 1. The largest absolute Gasteiger partial charge is 0.369 e. The first-order valence-electron chi connectivity index (χ1n) is 6.25. The molecule has 1 fully saturated rings. The van der Waals surface area contributed by atoms with E-state index in [2.05, 4.69) is 22.6 Å². The van der Waals surface area contributed by atoms with E-state index in [1.807, 2.05) is 22.6 Å². The molecule has 22 heavy (non-hydrogen) atoms. The number of amides is 3. The van der Waals surface area contributed by atoms with Gasteiger partial charge in [0.2, 0.25) is 11.8 Å². The van der Waals surface area contributed by atoms with Crippen LogP contribution in [-0.2, 0) is 9.53 Å². The summed E-state index contributed by atoms with van der Waals surface area (Å²) in [5.74, 6) is -1.60. The Morgan fingerprint density at radius 1 is 1.27 bits per heavy atom. The maximum absolute atomic E-state index is 12.2. The Bertz CT molecular complexity index is 615. The molecular formula is C13H13I2N3O4. The number of morpholine rings is 1. The highest BCUT2D eigenvalue weighted by Crippen LogP contribution is 2.28. The van der Waals surface area contributed by atoms with Crippen LogP contribution in [-0.4, -0.2) is 41.4 Å². The number of benzene rings is 1. The van der Waals surface area contributed by atoms with Gasteiger partial charge in [0.25, 0.3) is 5.91 Å². The Morgan fingerprint density at radius 2 is 1.82 bits per heavy atom. The molecule has 1 unspecified atom stereocenters. The Hall–Kier alpha value is -0.950. The smallest absolute Gasteiger partial charge is 0.253 e. The van der Waals surface area contributed by atoms with Crippen LogP contribution in [0.5, 0.6) is 0 Å². The van der Waals surface area contributed by atoms with Gasteiger partial charge in [-0.05, 0) is 34.7 Å². The number of hydrogen-bond donors (Lipinski definition) is 2. The number of carbonyl (C=O) groups is 3. The van der Waals surface area contributed by atoms with Crippen molar-refractivity contribution in [3.63, 3.8) is 0 Å². The van der Waals surface area contributed by atoms with Crippen molar-refractivity contribution in [1.82, 2.24) is 0 Å². The topological polar surface area (TPSA) is 116 Å². The number of halogens is 2. The second-order valence-corrected chi connectivity index (χ2v) is 6.63. The highest BCUT2D eigenvalue weighted by atomic mass is 127. The molecule has 7 nitrogen and oxygen atoms in total. The molecule has 1 saturated heterocycles. The van der Waals surface area contributed by atoms with E-state index in [-0.39, 0.29) is 29.7 Å². The third-order valence-electron chi connectivity index (χ3n) is 3.21. The molecule has 1 aliphatic heterocycles. The maximum atomic E-state index is 12.2. The first-order valence-corrected chi connectivity index (χ1v) is 8.86. The van der Waals surface area contributed by atoms with Crippen molar-refractivity contribution < 1.29 is 19.1 Å². The Morgan fingerprint density at radius 3 is 2.27 bits per heavy atom. The van der Waals surface area contributed by atoms with E-state index in [9.17, 15) is 14.4 Å². The summed E-state index contributed by atoms with van der Waals surface area (Å²) >= 11 is 4.00. The molecule has 9 heteroatoms. The molecule has 118 valence electrons. The van der Waals surface area contributed by atoms with E-state index in [0.29, 0.717) is 20.3 Å². The molecular weight excluding hydrogens is 516 g/mol. The summed E-state index contributed by atoms with van der Waals surface area (Å²) in [6.07, 6.45) is 0. The van der Waals surface area contributed by atoms with Gasteiger partial charge in [0.15, 0.2) is 0 Å². The lowest BCUT2D eigenvalue weighted by molar-refractivity contribution is -0.127. The maximum Gasteiger partial charge on any atom is 0.253 e. The van der Waals surface area contributed by atoms with Crippen molar-refractivity contribution in [1.29, 1.82) is 0 Å². The Labute approximate surface area is 154 Å². The van der Waals surface area contributed by atoms with Crippen LogP contribution >= 0.6 is 45.2 Å². The van der Waals surface area contributed by atoms with Crippen LogP contribution in [0.4, 0.5) is 5.69 Å². The monoisotopic (exact) mass is 529 g/mol. The number of alkyl halides is 1. The molecule has 0 aromatic heterocycles. The third-order valence-corrected chi connectivity index (χ3v) is 5.39. The third kappa shape index (κ3) is 3.35. The quantitative estimate of drug-likeness (QED) is 0.441. The predicted molar refractivity (Wildman–Crippen MR) is 97.2 cm³/mol. The van der Waals surface area contributed by atoms with E-state index < -0.39 is 11.8 Å². The molecule has 2 rings (SSSR count). The van der Waals surface area contributed by atoms with Crippen LogP contribution in [0.1, 0.15) is 20.7 Å². The van der Waals surface area contributed by atoms with E-state index in [1.54, 1.807) is 0 Å². The second-order valence-electron chi connectivity index (χ2n) is 4.67. The van der Waals surface area contributed by atoms with Crippen LogP contribution in [0.2, 0.25) is 0 Å². The van der Waals surface area contributed by atoms with Gasteiger partial charge in [-0.25, -0.2) is 0 Å². The van der Waals surface area contributed by atoms with Gasteiger partial charge in [-0.2, -0.15) is 0 Å². The van der Waals surface area contributed by atoms with E-state index in [4.69, 9.17) is 16.2 Å². The zero-order valence-electron chi connectivity index (χ0n) is 11.3. The number of nitrogens with two attached hydrogens (primary N) is 2. The lowest BCUT2D eigenvalue weighted by atomic mass is 10.1. The van der Waals surface area contributed by atoms with Gasteiger partial charge in [-0.15, -0.1) is 0 Å². The van der Waals surface area contributed by atoms with Crippen molar-refractivity contribution in [2.24, 2.45) is 11.5 Å². The van der Waals surface area contributed by atoms with Gasteiger partial charge in [-0.1, -0.05) is 22.6 Å². The predicted octanol–water partition coefficient (Wildman–Crippen LogP) is 0.656. The van der Waals surface area contributed by atoms with Gasteiger partial charge in [0, 0.05) is 13.7 Å². The van der Waals surface area contributed by atoms with Gasteiger partial charge in [0.1, 0.15) is 6.61 Å². The molecule has 3 amide bonds. The lowest BCUT2D eigenvalue weighted by Gasteiger charge is -2.35. The van der Waals surface area contributed by atoms with Crippen LogP contribution in [0, 0.1) is 3.57 Å². The van der Waals surface area contributed by atoms with Crippen LogP contribution in [0.3, 0.4) is 0 Å². The van der Waals surface area contributed by atoms with Crippen molar-refractivity contribution >= 4 is 68.6 Å². The van der Waals surface area contributed by atoms with Gasteiger partial charge < -0.3 is 21.1 Å². The van der Waals surface area contributed by atoms with Gasteiger partial charge >= 0.3 is 0 Å². The minimum absolute atomic E-state index is 0.0447. The van der Waals surface area contributed by atoms with Crippen LogP contribution in [0.25, 0.3) is 0 Å². The highest BCUT2D eigenvalue weighted by Gasteiger charge is 2.31. The van der Waals surface area contributed by atoms with E-state index in [1.165, 1.54) is 17.0 Å². The molecule has 0 bridgehead atoms. The summed E-state index contributed by atoms with van der Waals surface area (Å²) in [5.41, 5.74) is 11.5. The van der Waals surface area contributed by atoms with E-state index >= 15 is 0 Å². The molecule has 0 aliphatic carbocycles. The fourth-order valence-corrected chi connectivity index (χ4v) is 3.70. The zero-order valence-corrected chi connectivity index (χ0v) is 15.7. The van der Waals surface area contributed by atoms with Gasteiger partial charge in [-0.3, -0.25) is 14.4 Å². The fourth-order valence-electron chi connectivity index (χ4n) is 2.21. The number of nitrogens with zero attached hydrogens (tertiary/aromatic N) is 1. The van der Waals surface area contributed by atoms with Crippen molar-refractivity contribution in [2.75, 3.05) is 22.5 Å². The average Bonchev–Trinajstić information content (AvgIpc) is 2.46. The molecule has 1 atom stereocenters. The van der Waals surface area contributed by atoms with Crippen molar-refractivity contribution in [3.8, 4) is 0 Å². The molecule has 0 saturated carbocycles. The molecule has 1 aromatic rings.